The molecule has 0 aliphatic carbocycles. The van der Waals surface area contributed by atoms with Gasteiger partial charge in [0.05, 0.1) is 0 Å². The summed E-state index contributed by atoms with van der Waals surface area (Å²) in [5.74, 6) is -0.198. The van der Waals surface area contributed by atoms with Crippen molar-refractivity contribution < 1.29 is 19.7 Å². The van der Waals surface area contributed by atoms with Crippen molar-refractivity contribution in [2.75, 3.05) is 0 Å². The van der Waals surface area contributed by atoms with Gasteiger partial charge < -0.3 is 14.9 Å². The fourth-order valence-corrected chi connectivity index (χ4v) is 1.71. The van der Waals surface area contributed by atoms with Gasteiger partial charge in [-0.15, -0.1) is 0 Å². The van der Waals surface area contributed by atoms with Crippen LogP contribution in [0.3, 0.4) is 0 Å². The molecule has 4 heteroatoms. The monoisotopic (exact) mass is 238 g/mol. The van der Waals surface area contributed by atoms with Gasteiger partial charge in [0.1, 0.15) is 17.6 Å². The fraction of sp³-hybridized carbons (Fsp3) is 0.462. The van der Waals surface area contributed by atoms with E-state index in [0.717, 1.165) is 12.0 Å². The van der Waals surface area contributed by atoms with E-state index in [-0.39, 0.29) is 23.6 Å². The molecule has 1 aromatic rings. The molecule has 0 saturated heterocycles. The van der Waals surface area contributed by atoms with Gasteiger partial charge in [-0.3, -0.25) is 4.79 Å². The Kier molecular flexibility index (Phi) is 4.82. The highest BCUT2D eigenvalue weighted by atomic mass is 16.5. The summed E-state index contributed by atoms with van der Waals surface area (Å²) < 4.78 is 5.12. The van der Waals surface area contributed by atoms with Crippen LogP contribution in [0.1, 0.15) is 32.3 Å². The van der Waals surface area contributed by atoms with E-state index in [1.54, 1.807) is 12.1 Å². The van der Waals surface area contributed by atoms with Crippen molar-refractivity contribution in [1.29, 1.82) is 0 Å². The Morgan fingerprint density at radius 2 is 1.88 bits per heavy atom. The van der Waals surface area contributed by atoms with Crippen LogP contribution in [0.25, 0.3) is 0 Å². The number of hydrogen-bond donors (Lipinski definition) is 2. The Morgan fingerprint density at radius 3 is 2.35 bits per heavy atom. The molecule has 0 aromatic heterocycles. The van der Waals surface area contributed by atoms with E-state index in [0.29, 0.717) is 12.8 Å². The van der Waals surface area contributed by atoms with Crippen LogP contribution in [0.15, 0.2) is 18.2 Å². The van der Waals surface area contributed by atoms with Crippen LogP contribution < -0.4 is 0 Å². The summed E-state index contributed by atoms with van der Waals surface area (Å²) in [5, 5.41) is 18.6. The normalized spacial score (nSPS) is 12.1. The summed E-state index contributed by atoms with van der Waals surface area (Å²) in [6.07, 6.45) is 1.97. The number of aryl methyl sites for hydroxylation is 1. The van der Waals surface area contributed by atoms with Crippen LogP contribution in [-0.4, -0.2) is 22.3 Å². The molecule has 1 rings (SSSR count). The quantitative estimate of drug-likeness (QED) is 0.773. The Balaban J connectivity index is 2.56. The van der Waals surface area contributed by atoms with Crippen molar-refractivity contribution in [3.8, 4) is 11.5 Å². The third-order valence-corrected chi connectivity index (χ3v) is 2.51. The molecule has 17 heavy (non-hydrogen) atoms. The zero-order chi connectivity index (χ0) is 12.8. The summed E-state index contributed by atoms with van der Waals surface area (Å²) in [4.78, 5) is 10.8. The highest BCUT2D eigenvalue weighted by molar-refractivity contribution is 5.66. The first-order chi connectivity index (χ1) is 8.01. The predicted octanol–water partition coefficient (Wildman–Crippen LogP) is 2.37. The molecular formula is C13H18O4. The number of phenols is 2. The van der Waals surface area contributed by atoms with Gasteiger partial charge in [0, 0.05) is 13.0 Å². The van der Waals surface area contributed by atoms with Crippen LogP contribution in [0, 0.1) is 0 Å². The number of phenolic OH excluding ortho intramolecular Hbond substituents is 2. The molecule has 0 amide bonds. The number of ether oxygens (including phenoxy) is 1. The van der Waals surface area contributed by atoms with E-state index in [4.69, 9.17) is 4.74 Å². The first kappa shape index (κ1) is 13.4. The first-order valence-corrected chi connectivity index (χ1v) is 5.70. The van der Waals surface area contributed by atoms with Crippen molar-refractivity contribution in [2.24, 2.45) is 0 Å². The van der Waals surface area contributed by atoms with Crippen LogP contribution in [0.5, 0.6) is 11.5 Å². The predicted molar refractivity (Wildman–Crippen MR) is 63.9 cm³/mol. The highest BCUT2D eigenvalue weighted by Gasteiger charge is 2.10. The first-order valence-electron chi connectivity index (χ1n) is 5.70. The van der Waals surface area contributed by atoms with Gasteiger partial charge >= 0.3 is 5.97 Å². The standard InChI is InChI=1S/C13H18O4/c1-3-13(17-9(2)14)5-4-10-6-11(15)8-12(16)7-10/h6-8,13,15-16H,3-5H2,1-2H3. The van der Waals surface area contributed by atoms with Gasteiger partial charge in [0.15, 0.2) is 0 Å². The molecule has 0 radical (unpaired) electrons. The van der Waals surface area contributed by atoms with Gasteiger partial charge in [-0.05, 0) is 37.0 Å². The van der Waals surface area contributed by atoms with Gasteiger partial charge in [-0.1, -0.05) is 6.92 Å². The lowest BCUT2D eigenvalue weighted by Crippen LogP contribution is -2.16. The molecule has 0 aliphatic heterocycles. The second kappa shape index (κ2) is 6.13. The second-order valence-electron chi connectivity index (χ2n) is 4.04. The van der Waals surface area contributed by atoms with Gasteiger partial charge in [-0.2, -0.15) is 0 Å². The molecule has 1 aromatic carbocycles. The topological polar surface area (TPSA) is 66.8 Å². The van der Waals surface area contributed by atoms with Crippen molar-refractivity contribution in [3.63, 3.8) is 0 Å². The number of carbonyl (C=O) groups is 1. The fourth-order valence-electron chi connectivity index (χ4n) is 1.71. The van der Waals surface area contributed by atoms with Gasteiger partial charge in [-0.25, -0.2) is 0 Å². The number of aromatic hydroxyl groups is 2. The SMILES string of the molecule is CCC(CCc1cc(O)cc(O)c1)OC(C)=O. The molecule has 94 valence electrons. The molecule has 1 atom stereocenters. The molecule has 0 bridgehead atoms. The average Bonchev–Trinajstić information content (AvgIpc) is 2.22. The average molecular weight is 238 g/mol. The Labute approximate surface area is 101 Å². The van der Waals surface area contributed by atoms with Crippen LogP contribution in [-0.2, 0) is 16.0 Å². The van der Waals surface area contributed by atoms with Gasteiger partial charge in [0.2, 0.25) is 0 Å². The van der Waals surface area contributed by atoms with E-state index >= 15 is 0 Å². The van der Waals surface area contributed by atoms with Crippen molar-refractivity contribution >= 4 is 5.97 Å². The van der Waals surface area contributed by atoms with E-state index in [2.05, 4.69) is 0 Å². The third-order valence-electron chi connectivity index (χ3n) is 2.51. The molecule has 2 N–H and O–H groups in total. The molecule has 0 heterocycles. The minimum atomic E-state index is -0.282. The van der Waals surface area contributed by atoms with E-state index < -0.39 is 0 Å². The second-order valence-corrected chi connectivity index (χ2v) is 4.04. The van der Waals surface area contributed by atoms with Crippen molar-refractivity contribution in [3.05, 3.63) is 23.8 Å². The molecule has 0 fully saturated rings. The summed E-state index contributed by atoms with van der Waals surface area (Å²) in [5.41, 5.74) is 0.827. The summed E-state index contributed by atoms with van der Waals surface area (Å²) in [7, 11) is 0. The Morgan fingerprint density at radius 1 is 1.29 bits per heavy atom. The Bertz CT molecular complexity index is 367. The van der Waals surface area contributed by atoms with Crippen molar-refractivity contribution in [2.45, 2.75) is 39.2 Å². The number of carbonyl (C=O) groups excluding carboxylic acids is 1. The minimum Gasteiger partial charge on any atom is -0.508 e. The zero-order valence-corrected chi connectivity index (χ0v) is 10.1. The third kappa shape index (κ3) is 4.76. The lowest BCUT2D eigenvalue weighted by Gasteiger charge is -2.14. The van der Waals surface area contributed by atoms with Crippen LogP contribution in [0.4, 0.5) is 0 Å². The number of esters is 1. The summed E-state index contributed by atoms with van der Waals surface area (Å²) in [6, 6.07) is 4.48. The summed E-state index contributed by atoms with van der Waals surface area (Å²) in [6.45, 7) is 3.34. The molecular weight excluding hydrogens is 220 g/mol. The lowest BCUT2D eigenvalue weighted by atomic mass is 10.0. The Hall–Kier alpha value is -1.71. The van der Waals surface area contributed by atoms with Gasteiger partial charge in [0.25, 0.3) is 0 Å². The van der Waals surface area contributed by atoms with E-state index in [1.807, 2.05) is 6.92 Å². The van der Waals surface area contributed by atoms with E-state index in [1.165, 1.54) is 13.0 Å². The maximum absolute atomic E-state index is 10.8. The smallest absolute Gasteiger partial charge is 0.302 e. The largest absolute Gasteiger partial charge is 0.508 e. The highest BCUT2D eigenvalue weighted by Crippen LogP contribution is 2.22. The van der Waals surface area contributed by atoms with E-state index in [9.17, 15) is 15.0 Å². The molecule has 4 nitrogen and oxygen atoms in total. The maximum atomic E-state index is 10.8. The number of benzene rings is 1. The van der Waals surface area contributed by atoms with Crippen LogP contribution >= 0.6 is 0 Å². The number of rotatable bonds is 5. The zero-order valence-electron chi connectivity index (χ0n) is 10.1. The minimum absolute atomic E-state index is 0.0422. The lowest BCUT2D eigenvalue weighted by molar-refractivity contribution is -0.146. The molecule has 0 spiro atoms. The maximum Gasteiger partial charge on any atom is 0.302 e. The molecule has 0 aliphatic rings. The molecule has 1 unspecified atom stereocenters. The number of hydrogen-bond acceptors (Lipinski definition) is 4. The van der Waals surface area contributed by atoms with Crippen LogP contribution in [0.2, 0.25) is 0 Å². The molecule has 0 saturated carbocycles. The van der Waals surface area contributed by atoms with Crippen molar-refractivity contribution in [1.82, 2.24) is 0 Å². The summed E-state index contributed by atoms with van der Waals surface area (Å²) >= 11 is 0.